The first-order chi connectivity index (χ1) is 10.3. The Bertz CT molecular complexity index is 609. The highest BCUT2D eigenvalue weighted by atomic mass is 35.5. The Morgan fingerprint density at radius 1 is 1.14 bits per heavy atom. The molecule has 21 heavy (non-hydrogen) atoms. The molecule has 0 amide bonds. The third-order valence-electron chi connectivity index (χ3n) is 4.17. The topological polar surface area (TPSA) is 38.9 Å². The van der Waals surface area contributed by atoms with Gasteiger partial charge in [0.1, 0.15) is 11.3 Å². The summed E-state index contributed by atoms with van der Waals surface area (Å²) in [6.45, 7) is 4.37. The number of nitrogens with zero attached hydrogens (tertiary/aromatic N) is 5. The Hall–Kier alpha value is -1.23. The molecule has 0 saturated carbocycles. The van der Waals surface area contributed by atoms with E-state index in [2.05, 4.69) is 21.7 Å². The maximum absolute atomic E-state index is 5.99. The second kappa shape index (κ2) is 6.26. The van der Waals surface area contributed by atoms with Gasteiger partial charge in [0.05, 0.1) is 5.69 Å². The fraction of sp³-hybridized carbons (Fsp3) is 0.733. The van der Waals surface area contributed by atoms with Crippen molar-refractivity contribution in [2.24, 2.45) is 7.05 Å². The number of imidazole rings is 1. The fourth-order valence-electron chi connectivity index (χ4n) is 3.23. The molecule has 2 aromatic rings. The molecule has 1 aliphatic rings. The molecule has 0 atom stereocenters. The van der Waals surface area contributed by atoms with Crippen LogP contribution < -0.4 is 5.01 Å². The molecule has 3 heterocycles. The van der Waals surface area contributed by atoms with Crippen molar-refractivity contribution in [3.63, 3.8) is 0 Å². The minimum atomic E-state index is 0.605. The number of fused-ring (bicyclic) bond motifs is 1. The van der Waals surface area contributed by atoms with Crippen molar-refractivity contribution in [1.29, 1.82) is 0 Å². The number of rotatable bonds is 5. The largest absolute Gasteiger partial charge is 0.310 e. The maximum atomic E-state index is 5.99. The molecule has 6 heteroatoms. The van der Waals surface area contributed by atoms with Crippen LogP contribution in [0.25, 0.3) is 11.2 Å². The van der Waals surface area contributed by atoms with Gasteiger partial charge in [-0.15, -0.1) is 11.6 Å². The molecule has 5 nitrogen and oxygen atoms in total. The highest BCUT2D eigenvalue weighted by Gasteiger charge is 2.23. The van der Waals surface area contributed by atoms with Crippen LogP contribution in [0.5, 0.6) is 0 Å². The van der Waals surface area contributed by atoms with Crippen molar-refractivity contribution in [1.82, 2.24) is 19.4 Å². The van der Waals surface area contributed by atoms with Crippen molar-refractivity contribution in [2.75, 3.05) is 24.0 Å². The molecule has 1 fully saturated rings. The Balaban J connectivity index is 2.11. The lowest BCUT2D eigenvalue weighted by Crippen LogP contribution is -2.40. The van der Waals surface area contributed by atoms with Gasteiger partial charge in [0, 0.05) is 32.4 Å². The van der Waals surface area contributed by atoms with E-state index in [1.165, 1.54) is 19.3 Å². The maximum Gasteiger partial charge on any atom is 0.177 e. The molecule has 0 aliphatic carbocycles. The van der Waals surface area contributed by atoms with Crippen LogP contribution in [0, 0.1) is 0 Å². The lowest BCUT2D eigenvalue weighted by Gasteiger charge is -2.31. The molecule has 0 spiro atoms. The van der Waals surface area contributed by atoms with Crippen LogP contribution in [0.1, 0.15) is 44.1 Å². The molecule has 116 valence electrons. The predicted octanol–water partition coefficient (Wildman–Crippen LogP) is 2.63. The third kappa shape index (κ3) is 2.63. The number of alkyl halides is 1. The summed E-state index contributed by atoms with van der Waals surface area (Å²) in [7, 11) is 2.02. The molecule has 0 radical (unpaired) electrons. The van der Waals surface area contributed by atoms with E-state index in [0.29, 0.717) is 5.88 Å². The summed E-state index contributed by atoms with van der Waals surface area (Å²) in [4.78, 5) is 4.87. The Morgan fingerprint density at radius 2 is 1.90 bits per heavy atom. The van der Waals surface area contributed by atoms with Crippen molar-refractivity contribution >= 4 is 22.8 Å². The average Bonchev–Trinajstić information content (AvgIpc) is 3.00. The van der Waals surface area contributed by atoms with Crippen LogP contribution in [-0.4, -0.2) is 38.4 Å². The van der Waals surface area contributed by atoms with Gasteiger partial charge in [0.25, 0.3) is 0 Å². The molecule has 0 bridgehead atoms. The molecule has 1 saturated heterocycles. The first-order valence-electron chi connectivity index (χ1n) is 8.00. The van der Waals surface area contributed by atoms with Crippen molar-refractivity contribution in [3.05, 3.63) is 11.5 Å². The van der Waals surface area contributed by atoms with Crippen LogP contribution in [0.3, 0.4) is 0 Å². The minimum Gasteiger partial charge on any atom is -0.310 e. The smallest absolute Gasteiger partial charge is 0.177 e. The summed E-state index contributed by atoms with van der Waals surface area (Å²) in [6, 6.07) is 0. The summed E-state index contributed by atoms with van der Waals surface area (Å²) in [5.41, 5.74) is 3.30. The molecule has 0 N–H and O–H groups in total. The second-order valence-electron chi connectivity index (χ2n) is 5.79. The molecule has 0 aromatic carbocycles. The number of halogens is 1. The van der Waals surface area contributed by atoms with Crippen molar-refractivity contribution in [2.45, 2.75) is 45.4 Å². The number of piperidine rings is 1. The van der Waals surface area contributed by atoms with E-state index >= 15 is 0 Å². The van der Waals surface area contributed by atoms with Crippen LogP contribution >= 0.6 is 11.6 Å². The van der Waals surface area contributed by atoms with Crippen LogP contribution in [-0.2, 0) is 19.9 Å². The van der Waals surface area contributed by atoms with Gasteiger partial charge >= 0.3 is 0 Å². The van der Waals surface area contributed by atoms with Crippen LogP contribution in [0.15, 0.2) is 0 Å². The van der Waals surface area contributed by atoms with Gasteiger partial charge in [-0.25, -0.2) is 14.3 Å². The summed E-state index contributed by atoms with van der Waals surface area (Å²) in [5, 5.41) is 7.08. The summed E-state index contributed by atoms with van der Waals surface area (Å²) in [5.74, 6) is 1.68. The Morgan fingerprint density at radius 3 is 2.57 bits per heavy atom. The van der Waals surface area contributed by atoms with E-state index in [1.54, 1.807) is 0 Å². The lowest BCUT2D eigenvalue weighted by molar-refractivity contribution is 0.470. The van der Waals surface area contributed by atoms with Gasteiger partial charge in [-0.2, -0.15) is 5.10 Å². The molecule has 1 aliphatic heterocycles. The molecule has 2 aromatic heterocycles. The van der Waals surface area contributed by atoms with Gasteiger partial charge in [-0.05, 0) is 25.7 Å². The summed E-state index contributed by atoms with van der Waals surface area (Å²) >= 11 is 5.99. The van der Waals surface area contributed by atoms with Gasteiger partial charge in [0.15, 0.2) is 5.65 Å². The zero-order valence-electron chi connectivity index (χ0n) is 13.0. The average molecular weight is 310 g/mol. The monoisotopic (exact) mass is 309 g/mol. The zero-order valence-corrected chi connectivity index (χ0v) is 13.7. The van der Waals surface area contributed by atoms with Gasteiger partial charge in [-0.3, -0.25) is 0 Å². The highest BCUT2D eigenvalue weighted by molar-refractivity contribution is 6.17. The van der Waals surface area contributed by atoms with Crippen LogP contribution in [0.4, 0.5) is 0 Å². The van der Waals surface area contributed by atoms with Gasteiger partial charge in [0.2, 0.25) is 0 Å². The minimum absolute atomic E-state index is 0.605. The van der Waals surface area contributed by atoms with E-state index in [1.807, 2.05) is 11.7 Å². The van der Waals surface area contributed by atoms with Gasteiger partial charge in [-0.1, -0.05) is 13.3 Å². The van der Waals surface area contributed by atoms with E-state index in [0.717, 1.165) is 55.0 Å². The first kappa shape index (κ1) is 14.7. The lowest BCUT2D eigenvalue weighted by atomic mass is 10.2. The number of hydrogen-bond acceptors (Lipinski definition) is 3. The normalized spacial score (nSPS) is 16.0. The third-order valence-corrected chi connectivity index (χ3v) is 4.36. The first-order valence-corrected chi connectivity index (χ1v) is 8.54. The fourth-order valence-corrected chi connectivity index (χ4v) is 3.40. The van der Waals surface area contributed by atoms with E-state index in [-0.39, 0.29) is 0 Å². The molecule has 0 unspecified atom stereocenters. The molecular formula is C15H24ClN5. The van der Waals surface area contributed by atoms with Crippen molar-refractivity contribution < 1.29 is 0 Å². The molecular weight excluding hydrogens is 286 g/mol. The number of hydrogen-bond donors (Lipinski definition) is 0. The summed E-state index contributed by atoms with van der Waals surface area (Å²) < 4.78 is 4.27. The van der Waals surface area contributed by atoms with Gasteiger partial charge < -0.3 is 5.01 Å². The molecule has 3 rings (SSSR count). The Kier molecular flexibility index (Phi) is 4.38. The SMILES string of the molecule is CCCc1nn(C)c2c1nc(CCCl)n2N1CCCCC1. The second-order valence-corrected chi connectivity index (χ2v) is 6.16. The predicted molar refractivity (Wildman–Crippen MR) is 86.7 cm³/mol. The van der Waals surface area contributed by atoms with Crippen LogP contribution in [0.2, 0.25) is 0 Å². The van der Waals surface area contributed by atoms with Crippen molar-refractivity contribution in [3.8, 4) is 0 Å². The highest BCUT2D eigenvalue weighted by Crippen LogP contribution is 2.23. The summed E-state index contributed by atoms with van der Waals surface area (Å²) in [6.07, 6.45) is 6.70. The Labute approximate surface area is 130 Å². The zero-order chi connectivity index (χ0) is 14.8. The number of aromatic nitrogens is 4. The quantitative estimate of drug-likeness (QED) is 0.797. The standard InChI is InChI=1S/C15H24ClN5/c1-3-7-12-14-15(19(2)18-12)21(13(17-14)8-9-16)20-10-5-4-6-11-20/h3-11H2,1-2H3. The van der Waals surface area contributed by atoms with E-state index in [4.69, 9.17) is 16.6 Å². The number of aryl methyl sites for hydroxylation is 3. The van der Waals surface area contributed by atoms with E-state index < -0.39 is 0 Å². The van der Waals surface area contributed by atoms with E-state index in [9.17, 15) is 0 Å².